The van der Waals surface area contributed by atoms with Crippen molar-refractivity contribution in [3.8, 4) is 11.5 Å². The first-order chi connectivity index (χ1) is 17.2. The van der Waals surface area contributed by atoms with Gasteiger partial charge in [0, 0.05) is 27.0 Å². The van der Waals surface area contributed by atoms with Crippen LogP contribution in [0.3, 0.4) is 0 Å². The summed E-state index contributed by atoms with van der Waals surface area (Å²) in [6.07, 6.45) is 1.51. The van der Waals surface area contributed by atoms with Crippen LogP contribution < -0.4 is 15.0 Å². The maximum Gasteiger partial charge on any atom is 0.282 e. The number of fused-ring (bicyclic) bond motifs is 1. The molecule has 0 aliphatic rings. The normalized spacial score (nSPS) is 11.6. The molecule has 3 aromatic carbocycles. The van der Waals surface area contributed by atoms with Gasteiger partial charge < -0.3 is 9.47 Å². The molecule has 0 radical (unpaired) electrons. The molecule has 0 saturated heterocycles. The second-order valence-corrected chi connectivity index (χ2v) is 10.4. The summed E-state index contributed by atoms with van der Waals surface area (Å²) in [6.45, 7) is 4.10. The average Bonchev–Trinajstić information content (AvgIpc) is 2.84. The van der Waals surface area contributed by atoms with E-state index < -0.39 is 0 Å². The highest BCUT2D eigenvalue weighted by Crippen LogP contribution is 2.35. The molecule has 0 fully saturated rings. The molecule has 0 aliphatic heterocycles. The lowest BCUT2D eigenvalue weighted by molar-refractivity contribution is 0.284. The molecule has 36 heavy (non-hydrogen) atoms. The standard InChI is InChI=1S/C26H21BrCl3N3O3/c1-14(2)25-32-22-7-5-17(27)10-19(22)26(34)33(25)31-12-16-9-18(28)11-23(35-3)24(16)36-13-15-4-6-20(29)21(30)8-15/h4-12,14H,13H2,1-3H3. The molecule has 4 aromatic rings. The van der Waals surface area contributed by atoms with Gasteiger partial charge in [-0.15, -0.1) is 0 Å². The molecule has 0 unspecified atom stereocenters. The summed E-state index contributed by atoms with van der Waals surface area (Å²) in [6, 6.07) is 14.0. The Hall–Kier alpha value is -2.58. The number of nitrogens with zero attached hydrogens (tertiary/aromatic N) is 3. The molecule has 0 N–H and O–H groups in total. The van der Waals surface area contributed by atoms with E-state index in [1.807, 2.05) is 26.0 Å². The molecule has 186 valence electrons. The van der Waals surface area contributed by atoms with Gasteiger partial charge in [-0.25, -0.2) is 4.98 Å². The number of benzene rings is 3. The fraction of sp³-hybridized carbons (Fsp3) is 0.192. The Morgan fingerprint density at radius 1 is 1.08 bits per heavy atom. The van der Waals surface area contributed by atoms with Crippen molar-refractivity contribution in [2.45, 2.75) is 26.4 Å². The van der Waals surface area contributed by atoms with Crippen LogP contribution in [0, 0.1) is 0 Å². The molecule has 0 atom stereocenters. The van der Waals surface area contributed by atoms with E-state index in [2.05, 4.69) is 26.0 Å². The molecule has 0 bridgehead atoms. The van der Waals surface area contributed by atoms with E-state index in [0.717, 1.165) is 10.0 Å². The second kappa shape index (κ2) is 11.2. The Morgan fingerprint density at radius 2 is 1.86 bits per heavy atom. The number of halogens is 4. The van der Waals surface area contributed by atoms with E-state index in [9.17, 15) is 4.79 Å². The molecule has 1 heterocycles. The van der Waals surface area contributed by atoms with Gasteiger partial charge in [0.25, 0.3) is 5.56 Å². The highest BCUT2D eigenvalue weighted by atomic mass is 79.9. The van der Waals surface area contributed by atoms with E-state index in [0.29, 0.717) is 48.9 Å². The Morgan fingerprint density at radius 3 is 2.56 bits per heavy atom. The fourth-order valence-corrected chi connectivity index (χ4v) is 4.45. The minimum Gasteiger partial charge on any atom is -0.493 e. The van der Waals surface area contributed by atoms with E-state index in [4.69, 9.17) is 44.3 Å². The zero-order chi connectivity index (χ0) is 26.0. The summed E-state index contributed by atoms with van der Waals surface area (Å²) in [4.78, 5) is 18.0. The van der Waals surface area contributed by atoms with Crippen LogP contribution in [0.5, 0.6) is 11.5 Å². The van der Waals surface area contributed by atoms with Crippen LogP contribution in [0.2, 0.25) is 15.1 Å². The summed E-state index contributed by atoms with van der Waals surface area (Å²) >= 11 is 21.9. The molecule has 0 aliphatic carbocycles. The summed E-state index contributed by atoms with van der Waals surface area (Å²) in [7, 11) is 1.52. The number of methoxy groups -OCH3 is 1. The lowest BCUT2D eigenvalue weighted by Gasteiger charge is -2.15. The predicted molar refractivity (Wildman–Crippen MR) is 150 cm³/mol. The van der Waals surface area contributed by atoms with Crippen molar-refractivity contribution in [2.75, 3.05) is 7.11 Å². The largest absolute Gasteiger partial charge is 0.493 e. The lowest BCUT2D eigenvalue weighted by Crippen LogP contribution is -2.23. The maximum absolute atomic E-state index is 13.4. The van der Waals surface area contributed by atoms with E-state index >= 15 is 0 Å². The van der Waals surface area contributed by atoms with Crippen molar-refractivity contribution in [2.24, 2.45) is 5.10 Å². The summed E-state index contributed by atoms with van der Waals surface area (Å²) in [5.74, 6) is 1.30. The van der Waals surface area contributed by atoms with E-state index in [-0.39, 0.29) is 18.1 Å². The average molecular weight is 610 g/mol. The SMILES string of the molecule is COc1cc(Cl)cc(C=Nn2c(C(C)C)nc3ccc(Br)cc3c2=O)c1OCc1ccc(Cl)c(Cl)c1. The van der Waals surface area contributed by atoms with Crippen molar-refractivity contribution in [1.29, 1.82) is 0 Å². The number of ether oxygens (including phenoxy) is 2. The first kappa shape index (κ1) is 26.5. The maximum atomic E-state index is 13.4. The van der Waals surface area contributed by atoms with E-state index in [1.54, 1.807) is 36.4 Å². The smallest absolute Gasteiger partial charge is 0.282 e. The molecule has 4 rings (SSSR count). The molecule has 1 aromatic heterocycles. The summed E-state index contributed by atoms with van der Waals surface area (Å²) in [5, 5.41) is 6.26. The quantitative estimate of drug-likeness (QED) is 0.201. The van der Waals surface area contributed by atoms with Gasteiger partial charge in [-0.05, 0) is 42.0 Å². The Kier molecular flexibility index (Phi) is 8.25. The number of hydrogen-bond acceptors (Lipinski definition) is 5. The molecule has 0 saturated carbocycles. The van der Waals surface area contributed by atoms with Gasteiger partial charge >= 0.3 is 0 Å². The summed E-state index contributed by atoms with van der Waals surface area (Å²) < 4.78 is 13.7. The van der Waals surface area contributed by atoms with Gasteiger partial charge in [0.2, 0.25) is 0 Å². The van der Waals surface area contributed by atoms with Gasteiger partial charge in [-0.2, -0.15) is 9.78 Å². The number of aromatic nitrogens is 2. The van der Waals surface area contributed by atoms with Crippen LogP contribution in [0.4, 0.5) is 0 Å². The predicted octanol–water partition coefficient (Wildman–Crippen LogP) is 7.71. The van der Waals surface area contributed by atoms with Crippen LogP contribution in [0.15, 0.2) is 62.9 Å². The first-order valence-electron chi connectivity index (χ1n) is 10.9. The zero-order valence-corrected chi connectivity index (χ0v) is 23.4. The van der Waals surface area contributed by atoms with Gasteiger partial charge in [0.15, 0.2) is 11.5 Å². The van der Waals surface area contributed by atoms with Gasteiger partial charge in [0.05, 0.1) is 34.3 Å². The third-order valence-electron chi connectivity index (χ3n) is 5.30. The number of rotatable bonds is 7. The highest BCUT2D eigenvalue weighted by molar-refractivity contribution is 9.10. The van der Waals surface area contributed by atoms with Crippen LogP contribution in [-0.4, -0.2) is 23.0 Å². The van der Waals surface area contributed by atoms with Crippen molar-refractivity contribution in [3.05, 3.63) is 95.4 Å². The van der Waals surface area contributed by atoms with Crippen LogP contribution in [-0.2, 0) is 6.61 Å². The van der Waals surface area contributed by atoms with Crippen molar-refractivity contribution in [1.82, 2.24) is 9.66 Å². The molecule has 0 amide bonds. The minimum absolute atomic E-state index is 0.0535. The molecule has 6 nitrogen and oxygen atoms in total. The van der Waals surface area contributed by atoms with Crippen molar-refractivity contribution in [3.63, 3.8) is 0 Å². The number of hydrogen-bond donors (Lipinski definition) is 0. The van der Waals surface area contributed by atoms with Gasteiger partial charge in [-0.1, -0.05) is 70.6 Å². The monoisotopic (exact) mass is 607 g/mol. The van der Waals surface area contributed by atoms with Crippen molar-refractivity contribution < 1.29 is 9.47 Å². The third kappa shape index (κ3) is 5.70. The van der Waals surface area contributed by atoms with Crippen molar-refractivity contribution >= 4 is 67.9 Å². The lowest BCUT2D eigenvalue weighted by atomic mass is 10.2. The Labute approximate surface area is 231 Å². The molecule has 0 spiro atoms. The minimum atomic E-state index is -0.284. The van der Waals surface area contributed by atoms with Gasteiger partial charge in [0.1, 0.15) is 12.4 Å². The first-order valence-corrected chi connectivity index (χ1v) is 12.8. The van der Waals surface area contributed by atoms with Crippen LogP contribution in [0.1, 0.15) is 36.7 Å². The van der Waals surface area contributed by atoms with Crippen LogP contribution in [0.25, 0.3) is 10.9 Å². The van der Waals surface area contributed by atoms with Crippen LogP contribution >= 0.6 is 50.7 Å². The second-order valence-electron chi connectivity index (χ2n) is 8.21. The molecule has 10 heteroatoms. The Bertz CT molecular complexity index is 1540. The summed E-state index contributed by atoms with van der Waals surface area (Å²) in [5.41, 5.74) is 1.66. The Balaban J connectivity index is 1.78. The van der Waals surface area contributed by atoms with E-state index in [1.165, 1.54) is 18.0 Å². The highest BCUT2D eigenvalue weighted by Gasteiger charge is 2.16. The zero-order valence-electron chi connectivity index (χ0n) is 19.6. The molecular formula is C26H21BrCl3N3O3. The van der Waals surface area contributed by atoms with Gasteiger partial charge in [-0.3, -0.25) is 4.79 Å². The topological polar surface area (TPSA) is 65.7 Å². The fourth-order valence-electron chi connectivity index (χ4n) is 3.55. The molecular weight excluding hydrogens is 589 g/mol. The third-order valence-corrected chi connectivity index (χ3v) is 6.75.